The number of rotatable bonds is 8. The Kier molecular flexibility index (Phi) is 8.00. The fraction of sp³-hybridized carbons (Fsp3) is 0.350. The number of aromatic nitrogens is 1. The summed E-state index contributed by atoms with van der Waals surface area (Å²) < 4.78 is 30.0. The van der Waals surface area contributed by atoms with Crippen molar-refractivity contribution in [2.45, 2.75) is 70.3 Å². The zero-order chi connectivity index (χ0) is 36.7. The average Bonchev–Trinajstić information content (AvgIpc) is 3.06. The number of aromatic hydroxyl groups is 2. The molecule has 0 amide bonds. The predicted octanol–water partition coefficient (Wildman–Crippen LogP) is 7.84. The molecule has 0 saturated carbocycles. The molecule has 0 spiro atoms. The van der Waals surface area contributed by atoms with E-state index in [4.69, 9.17) is 23.4 Å². The van der Waals surface area contributed by atoms with Gasteiger partial charge in [0, 0.05) is 45.1 Å². The highest BCUT2D eigenvalue weighted by Gasteiger charge is 2.44. The molecular weight excluding hydrogens is 638 g/mol. The van der Waals surface area contributed by atoms with Crippen LogP contribution in [0.5, 0.6) is 34.5 Å². The number of ether oxygens (including phenoxy) is 4. The monoisotopic (exact) mass is 681 g/mol. The van der Waals surface area contributed by atoms with Crippen LogP contribution in [0.15, 0.2) is 63.6 Å². The van der Waals surface area contributed by atoms with E-state index in [1.807, 2.05) is 41.5 Å². The summed E-state index contributed by atoms with van der Waals surface area (Å²) in [6, 6.07) is 6.31. The van der Waals surface area contributed by atoms with Crippen LogP contribution in [0.2, 0.25) is 0 Å². The minimum Gasteiger partial charge on any atom is -0.507 e. The average molecular weight is 682 g/mol. The molecule has 10 heteroatoms. The van der Waals surface area contributed by atoms with Crippen LogP contribution in [0.1, 0.15) is 76.1 Å². The Morgan fingerprint density at radius 3 is 2.16 bits per heavy atom. The van der Waals surface area contributed by atoms with E-state index in [2.05, 4.69) is 18.1 Å². The number of phenolic OH excluding ortho intramolecular Hbond substituents is 2. The minimum absolute atomic E-state index is 0.0410. The second-order valence-corrected chi connectivity index (χ2v) is 14.6. The number of benzene rings is 3. The van der Waals surface area contributed by atoms with Gasteiger partial charge in [0.2, 0.25) is 5.43 Å². The Balaban J connectivity index is 1.85. The topological polar surface area (TPSA) is 140 Å². The first kappa shape index (κ1) is 34.5. The Hall–Kier alpha value is -5.38. The molecule has 3 heterocycles. The van der Waals surface area contributed by atoms with Crippen LogP contribution in [0.25, 0.3) is 32.8 Å². The third kappa shape index (κ3) is 4.99. The largest absolute Gasteiger partial charge is 0.507 e. The van der Waals surface area contributed by atoms with Crippen molar-refractivity contribution in [3.8, 4) is 34.5 Å². The van der Waals surface area contributed by atoms with Crippen LogP contribution in [0, 0.1) is 0 Å². The number of hydrogen-bond acceptors (Lipinski definition) is 9. The molecule has 5 aromatic rings. The van der Waals surface area contributed by atoms with Gasteiger partial charge in [-0.2, -0.15) is 0 Å². The number of H-pyrrole nitrogens is 1. The Morgan fingerprint density at radius 1 is 0.900 bits per heavy atom. The van der Waals surface area contributed by atoms with E-state index in [0.717, 1.165) is 0 Å². The van der Waals surface area contributed by atoms with E-state index in [1.54, 1.807) is 30.4 Å². The number of aromatic amines is 1. The quantitative estimate of drug-likeness (QED) is 0.0849. The Morgan fingerprint density at radius 2 is 1.56 bits per heavy atom. The first-order valence-electron chi connectivity index (χ1n) is 16.3. The second-order valence-electron chi connectivity index (χ2n) is 14.6. The summed E-state index contributed by atoms with van der Waals surface area (Å²) in [6.45, 7) is 19.4. The molecule has 0 bridgehead atoms. The van der Waals surface area contributed by atoms with E-state index in [1.165, 1.54) is 27.4 Å². The predicted molar refractivity (Wildman–Crippen MR) is 195 cm³/mol. The Labute approximate surface area is 289 Å². The summed E-state index contributed by atoms with van der Waals surface area (Å²) in [5.41, 5.74) is -0.852. The van der Waals surface area contributed by atoms with Gasteiger partial charge in [0.05, 0.1) is 48.5 Å². The number of allylic oxidation sites excluding steroid dienone is 2. The van der Waals surface area contributed by atoms with Crippen LogP contribution in [0.3, 0.4) is 0 Å². The van der Waals surface area contributed by atoms with Crippen molar-refractivity contribution in [1.82, 2.24) is 4.98 Å². The molecule has 0 fully saturated rings. The zero-order valence-corrected chi connectivity index (χ0v) is 29.9. The maximum atomic E-state index is 14.2. The summed E-state index contributed by atoms with van der Waals surface area (Å²) in [4.78, 5) is 31.1. The van der Waals surface area contributed by atoms with Crippen molar-refractivity contribution in [3.05, 3.63) is 92.5 Å². The van der Waals surface area contributed by atoms with Crippen molar-refractivity contribution in [1.29, 1.82) is 0 Å². The number of fused-ring (bicyclic) bond motifs is 4. The molecule has 262 valence electrons. The third-order valence-corrected chi connectivity index (χ3v) is 10.1. The second kappa shape index (κ2) is 11.6. The van der Waals surface area contributed by atoms with Gasteiger partial charge in [0.1, 0.15) is 34.2 Å². The van der Waals surface area contributed by atoms with Gasteiger partial charge in [0.15, 0.2) is 11.5 Å². The van der Waals surface area contributed by atoms with Crippen molar-refractivity contribution in [2.24, 2.45) is 0 Å². The van der Waals surface area contributed by atoms with Gasteiger partial charge in [-0.15, -0.1) is 13.2 Å². The first-order chi connectivity index (χ1) is 23.5. The molecule has 0 saturated heterocycles. The maximum Gasteiger partial charge on any atom is 0.340 e. The molecule has 1 aliphatic heterocycles. The lowest BCUT2D eigenvalue weighted by atomic mass is 9.73. The summed E-state index contributed by atoms with van der Waals surface area (Å²) in [7, 11) is 4.46. The van der Waals surface area contributed by atoms with Gasteiger partial charge < -0.3 is 38.6 Å². The van der Waals surface area contributed by atoms with Crippen molar-refractivity contribution < 1.29 is 33.6 Å². The van der Waals surface area contributed by atoms with Crippen LogP contribution >= 0.6 is 0 Å². The van der Waals surface area contributed by atoms with Crippen LogP contribution in [0.4, 0.5) is 0 Å². The van der Waals surface area contributed by atoms with Gasteiger partial charge in [-0.05, 0) is 38.5 Å². The third-order valence-electron chi connectivity index (χ3n) is 10.1. The SMILES string of the molecule is C=CC(C)(C)c1cc2c(O)c3c(c(C(C)(C)C=C)c2oc1=O)OC(C)(C)C[C@@H]3c1c(OC)cc(O)c2c(=O)c3ccc(OC)c(OC)c3[nH]c12. The van der Waals surface area contributed by atoms with Crippen molar-refractivity contribution in [3.63, 3.8) is 0 Å². The molecule has 50 heavy (non-hydrogen) atoms. The molecule has 0 aliphatic carbocycles. The van der Waals surface area contributed by atoms with Gasteiger partial charge in [-0.25, -0.2) is 4.79 Å². The van der Waals surface area contributed by atoms with E-state index in [9.17, 15) is 19.8 Å². The molecule has 0 unspecified atom stereocenters. The first-order valence-corrected chi connectivity index (χ1v) is 16.3. The summed E-state index contributed by atoms with van der Waals surface area (Å²) in [5, 5.41) is 24.3. The summed E-state index contributed by atoms with van der Waals surface area (Å²) in [5.74, 6) is 0.197. The highest BCUT2D eigenvalue weighted by Crippen LogP contribution is 2.57. The number of pyridine rings is 1. The summed E-state index contributed by atoms with van der Waals surface area (Å²) in [6.07, 6.45) is 3.71. The lowest BCUT2D eigenvalue weighted by Gasteiger charge is -2.41. The van der Waals surface area contributed by atoms with Crippen molar-refractivity contribution in [2.75, 3.05) is 21.3 Å². The molecule has 1 atom stereocenters. The Bertz CT molecular complexity index is 2380. The minimum atomic E-state index is -0.845. The highest BCUT2D eigenvalue weighted by atomic mass is 16.5. The molecule has 3 aromatic carbocycles. The number of hydrogen-bond donors (Lipinski definition) is 3. The number of methoxy groups -OCH3 is 3. The maximum absolute atomic E-state index is 14.2. The highest BCUT2D eigenvalue weighted by molar-refractivity contribution is 6.02. The van der Waals surface area contributed by atoms with E-state index < -0.39 is 33.4 Å². The van der Waals surface area contributed by atoms with Gasteiger partial charge in [0.25, 0.3) is 0 Å². The van der Waals surface area contributed by atoms with Gasteiger partial charge >= 0.3 is 5.63 Å². The lowest BCUT2D eigenvalue weighted by Crippen LogP contribution is -2.37. The molecular formula is C40H43NO9. The lowest BCUT2D eigenvalue weighted by molar-refractivity contribution is 0.0741. The molecule has 6 rings (SSSR count). The molecule has 10 nitrogen and oxygen atoms in total. The smallest absolute Gasteiger partial charge is 0.340 e. The number of nitrogens with one attached hydrogen (secondary N) is 1. The fourth-order valence-electron chi connectivity index (χ4n) is 7.19. The van der Waals surface area contributed by atoms with E-state index in [0.29, 0.717) is 56.8 Å². The van der Waals surface area contributed by atoms with Gasteiger partial charge in [-0.3, -0.25) is 4.79 Å². The van der Waals surface area contributed by atoms with Crippen molar-refractivity contribution >= 4 is 32.8 Å². The molecule has 2 aromatic heterocycles. The summed E-state index contributed by atoms with van der Waals surface area (Å²) >= 11 is 0. The van der Waals surface area contributed by atoms with E-state index >= 15 is 0 Å². The van der Waals surface area contributed by atoms with Crippen LogP contribution in [-0.2, 0) is 10.8 Å². The molecule has 3 N–H and O–H groups in total. The molecule has 1 aliphatic rings. The standard InChI is InChI=1S/C40H43NO9/c1-12-38(3,4)22-16-20-33(44)27-21(18-40(7,8)50-36(27)29(39(5,6)13-2)34(20)49-37(22)45)26-25(47-10)17-23(42)28-31(26)41-30-19(32(28)43)14-15-24(46-9)35(30)48-11/h12-17,21,42,44H,1-2,18H2,3-11H3,(H,41,43)/t21-/m1/s1. The van der Waals surface area contributed by atoms with Gasteiger partial charge in [-0.1, -0.05) is 39.8 Å². The van der Waals surface area contributed by atoms with Crippen LogP contribution in [-0.4, -0.2) is 42.1 Å². The van der Waals surface area contributed by atoms with Crippen LogP contribution < -0.4 is 30.0 Å². The normalized spacial score (nSPS) is 15.8. The zero-order valence-electron chi connectivity index (χ0n) is 29.9. The molecule has 0 radical (unpaired) electrons. The van der Waals surface area contributed by atoms with E-state index in [-0.39, 0.29) is 39.1 Å². The fourth-order valence-corrected chi connectivity index (χ4v) is 7.19. The number of phenols is 2.